The van der Waals surface area contributed by atoms with Gasteiger partial charge in [0.1, 0.15) is 6.29 Å². The molecule has 0 N–H and O–H groups in total. The van der Waals surface area contributed by atoms with E-state index in [0.29, 0.717) is 12.3 Å². The van der Waals surface area contributed by atoms with Gasteiger partial charge in [-0.1, -0.05) is 44.4 Å². The Morgan fingerprint density at radius 2 is 2.00 bits per heavy atom. The third-order valence-corrected chi connectivity index (χ3v) is 3.62. The van der Waals surface area contributed by atoms with Gasteiger partial charge in [0, 0.05) is 6.42 Å². The van der Waals surface area contributed by atoms with Gasteiger partial charge in [-0.15, -0.1) is 0 Å². The van der Waals surface area contributed by atoms with Gasteiger partial charge in [-0.3, -0.25) is 0 Å². The number of unbranched alkanes of at least 4 members (excludes halogenated alkanes) is 2. The van der Waals surface area contributed by atoms with E-state index in [4.69, 9.17) is 0 Å². The zero-order valence-corrected chi connectivity index (χ0v) is 11.3. The molecule has 1 heteroatoms. The second kappa shape index (κ2) is 7.26. The van der Waals surface area contributed by atoms with Crippen molar-refractivity contribution < 1.29 is 4.79 Å². The van der Waals surface area contributed by atoms with Gasteiger partial charge in [0.25, 0.3) is 0 Å². The molecule has 0 fully saturated rings. The molecule has 1 aromatic carbocycles. The molecule has 0 aromatic heterocycles. The first-order valence-corrected chi connectivity index (χ1v) is 6.70. The minimum absolute atomic E-state index is 0.416. The molecule has 0 saturated heterocycles. The molecule has 1 aromatic rings. The van der Waals surface area contributed by atoms with Gasteiger partial charge in [0.15, 0.2) is 0 Å². The minimum atomic E-state index is 0.416. The summed E-state index contributed by atoms with van der Waals surface area (Å²) in [4.78, 5) is 10.8. The number of rotatable bonds is 7. The Morgan fingerprint density at radius 1 is 1.24 bits per heavy atom. The summed E-state index contributed by atoms with van der Waals surface area (Å²) in [5.41, 5.74) is 4.05. The largest absolute Gasteiger partial charge is 0.303 e. The van der Waals surface area contributed by atoms with Crippen molar-refractivity contribution in [3.63, 3.8) is 0 Å². The summed E-state index contributed by atoms with van der Waals surface area (Å²) in [5.74, 6) is 0.416. The van der Waals surface area contributed by atoms with Crippen LogP contribution in [0.15, 0.2) is 18.2 Å². The second-order valence-electron chi connectivity index (χ2n) is 4.88. The molecule has 94 valence electrons. The Balaban J connectivity index is 2.81. The van der Waals surface area contributed by atoms with Crippen LogP contribution >= 0.6 is 0 Å². The summed E-state index contributed by atoms with van der Waals surface area (Å²) < 4.78 is 0. The molecular formula is C16H24O. The first-order chi connectivity index (χ1) is 8.20. The summed E-state index contributed by atoms with van der Waals surface area (Å²) in [7, 11) is 0. The molecule has 0 saturated carbocycles. The highest BCUT2D eigenvalue weighted by Gasteiger charge is 2.13. The normalized spacial score (nSPS) is 12.4. The fourth-order valence-corrected chi connectivity index (χ4v) is 2.37. The molecule has 1 unspecified atom stereocenters. The molecule has 0 aliphatic heterocycles. The molecule has 0 radical (unpaired) electrons. The second-order valence-corrected chi connectivity index (χ2v) is 4.88. The van der Waals surface area contributed by atoms with E-state index in [1.807, 2.05) is 0 Å². The zero-order valence-electron chi connectivity index (χ0n) is 11.3. The van der Waals surface area contributed by atoms with E-state index in [-0.39, 0.29) is 0 Å². The standard InChI is InChI=1S/C16H24O/c1-4-5-6-9-15(11-12-17)16-10-7-8-13(2)14(16)3/h7-8,10,12,15H,4-6,9,11H2,1-3H3. The van der Waals surface area contributed by atoms with E-state index in [9.17, 15) is 4.79 Å². The number of benzene rings is 1. The zero-order chi connectivity index (χ0) is 12.7. The molecular weight excluding hydrogens is 208 g/mol. The number of aryl methyl sites for hydroxylation is 1. The van der Waals surface area contributed by atoms with E-state index in [2.05, 4.69) is 39.0 Å². The molecule has 0 aliphatic rings. The van der Waals surface area contributed by atoms with Crippen LogP contribution < -0.4 is 0 Å². The third-order valence-electron chi connectivity index (χ3n) is 3.62. The number of carbonyl (C=O) groups is 1. The SMILES string of the molecule is CCCCCC(CC=O)c1cccc(C)c1C. The monoisotopic (exact) mass is 232 g/mol. The Kier molecular flexibility index (Phi) is 5.96. The maximum atomic E-state index is 10.8. The number of aldehydes is 1. The van der Waals surface area contributed by atoms with Gasteiger partial charge >= 0.3 is 0 Å². The quantitative estimate of drug-likeness (QED) is 0.497. The lowest BCUT2D eigenvalue weighted by atomic mass is 9.86. The summed E-state index contributed by atoms with van der Waals surface area (Å²) in [5, 5.41) is 0. The molecule has 1 nitrogen and oxygen atoms in total. The van der Waals surface area contributed by atoms with E-state index in [0.717, 1.165) is 12.7 Å². The lowest BCUT2D eigenvalue weighted by Gasteiger charge is -2.18. The van der Waals surface area contributed by atoms with Crippen molar-refractivity contribution in [3.05, 3.63) is 34.9 Å². The average Bonchev–Trinajstić information content (AvgIpc) is 2.32. The van der Waals surface area contributed by atoms with Crippen LogP contribution in [0.1, 0.15) is 61.6 Å². The van der Waals surface area contributed by atoms with Crippen LogP contribution in [0.2, 0.25) is 0 Å². The summed E-state index contributed by atoms with van der Waals surface area (Å²) in [6.45, 7) is 6.53. The minimum Gasteiger partial charge on any atom is -0.303 e. The lowest BCUT2D eigenvalue weighted by molar-refractivity contribution is -0.108. The predicted octanol–water partition coefficient (Wildman–Crippen LogP) is 4.56. The van der Waals surface area contributed by atoms with Crippen molar-refractivity contribution in [2.24, 2.45) is 0 Å². The van der Waals surface area contributed by atoms with Crippen LogP contribution in [0.3, 0.4) is 0 Å². The fraction of sp³-hybridized carbons (Fsp3) is 0.562. The van der Waals surface area contributed by atoms with E-state index < -0.39 is 0 Å². The third kappa shape index (κ3) is 3.99. The van der Waals surface area contributed by atoms with Crippen molar-refractivity contribution in [3.8, 4) is 0 Å². The highest BCUT2D eigenvalue weighted by Crippen LogP contribution is 2.29. The van der Waals surface area contributed by atoms with Gasteiger partial charge < -0.3 is 4.79 Å². The van der Waals surface area contributed by atoms with Crippen molar-refractivity contribution in [1.29, 1.82) is 0 Å². The molecule has 1 atom stereocenters. The highest BCUT2D eigenvalue weighted by atomic mass is 16.1. The van der Waals surface area contributed by atoms with Crippen LogP contribution in [0, 0.1) is 13.8 Å². The maximum Gasteiger partial charge on any atom is 0.120 e. The van der Waals surface area contributed by atoms with Gasteiger partial charge in [0.2, 0.25) is 0 Å². The van der Waals surface area contributed by atoms with Gasteiger partial charge in [-0.05, 0) is 42.9 Å². The Labute approximate surface area is 105 Å². The van der Waals surface area contributed by atoms with Crippen LogP contribution in [-0.2, 0) is 4.79 Å². The number of carbonyl (C=O) groups excluding carboxylic acids is 1. The molecule has 1 rings (SSSR count). The van der Waals surface area contributed by atoms with Crippen molar-refractivity contribution in [2.45, 2.75) is 58.8 Å². The molecule has 0 bridgehead atoms. The van der Waals surface area contributed by atoms with Crippen molar-refractivity contribution >= 4 is 6.29 Å². The van der Waals surface area contributed by atoms with E-state index in [1.54, 1.807) is 0 Å². The van der Waals surface area contributed by atoms with Crippen LogP contribution in [-0.4, -0.2) is 6.29 Å². The van der Waals surface area contributed by atoms with E-state index >= 15 is 0 Å². The smallest absolute Gasteiger partial charge is 0.120 e. The molecule has 0 aliphatic carbocycles. The van der Waals surface area contributed by atoms with E-state index in [1.165, 1.54) is 36.0 Å². The lowest BCUT2D eigenvalue weighted by Crippen LogP contribution is -2.03. The predicted molar refractivity (Wildman–Crippen MR) is 73.5 cm³/mol. The summed E-state index contributed by atoms with van der Waals surface area (Å²) >= 11 is 0. The highest BCUT2D eigenvalue weighted by molar-refractivity contribution is 5.52. The molecule has 0 amide bonds. The average molecular weight is 232 g/mol. The molecule has 17 heavy (non-hydrogen) atoms. The Hall–Kier alpha value is -1.11. The molecule has 0 spiro atoms. The van der Waals surface area contributed by atoms with Crippen molar-refractivity contribution in [1.82, 2.24) is 0 Å². The van der Waals surface area contributed by atoms with Crippen molar-refractivity contribution in [2.75, 3.05) is 0 Å². The van der Waals surface area contributed by atoms with Gasteiger partial charge in [-0.2, -0.15) is 0 Å². The van der Waals surface area contributed by atoms with Gasteiger partial charge in [-0.25, -0.2) is 0 Å². The Morgan fingerprint density at radius 3 is 2.65 bits per heavy atom. The summed E-state index contributed by atoms with van der Waals surface area (Å²) in [6.07, 6.45) is 6.59. The first-order valence-electron chi connectivity index (χ1n) is 6.70. The van der Waals surface area contributed by atoms with Crippen LogP contribution in [0.25, 0.3) is 0 Å². The van der Waals surface area contributed by atoms with Crippen LogP contribution in [0.4, 0.5) is 0 Å². The summed E-state index contributed by atoms with van der Waals surface area (Å²) in [6, 6.07) is 6.43. The van der Waals surface area contributed by atoms with Crippen LogP contribution in [0.5, 0.6) is 0 Å². The van der Waals surface area contributed by atoms with Gasteiger partial charge in [0.05, 0.1) is 0 Å². The Bertz CT molecular complexity index is 355. The first kappa shape index (κ1) is 14.0. The topological polar surface area (TPSA) is 17.1 Å². The fourth-order valence-electron chi connectivity index (χ4n) is 2.37. The number of hydrogen-bond donors (Lipinski definition) is 0. The number of hydrogen-bond acceptors (Lipinski definition) is 1. The maximum absolute atomic E-state index is 10.8. The molecule has 0 heterocycles.